The second-order valence-corrected chi connectivity index (χ2v) is 3.01. The molecule has 1 aliphatic carbocycles. The molecule has 0 aliphatic heterocycles. The first-order valence-corrected chi connectivity index (χ1v) is 4.03. The zero-order valence-electron chi connectivity index (χ0n) is 6.52. The van der Waals surface area contributed by atoms with E-state index in [1.165, 1.54) is 19.3 Å². The van der Waals surface area contributed by atoms with Crippen LogP contribution in [-0.2, 0) is 4.79 Å². The number of amides is 1. The van der Waals surface area contributed by atoms with E-state index in [-0.39, 0.29) is 5.91 Å². The lowest BCUT2D eigenvalue weighted by Crippen LogP contribution is -2.20. The summed E-state index contributed by atoms with van der Waals surface area (Å²) < 4.78 is 0. The summed E-state index contributed by atoms with van der Waals surface area (Å²) in [6.45, 7) is 0. The highest BCUT2D eigenvalue weighted by molar-refractivity contribution is 5.75. The summed E-state index contributed by atoms with van der Waals surface area (Å²) in [5.41, 5.74) is 0. The molecule has 58 valence electrons. The van der Waals surface area contributed by atoms with Gasteiger partial charge in [-0.15, -0.1) is 0 Å². The molecule has 1 rings (SSSR count). The fourth-order valence-electron chi connectivity index (χ4n) is 1.24. The second kappa shape index (κ2) is 3.59. The van der Waals surface area contributed by atoms with Gasteiger partial charge in [0.05, 0.1) is 0 Å². The molecular weight excluding hydrogens is 126 g/mol. The minimum Gasteiger partial charge on any atom is -0.359 e. The van der Waals surface area contributed by atoms with E-state index in [0.29, 0.717) is 0 Å². The molecule has 10 heavy (non-hydrogen) atoms. The van der Waals surface area contributed by atoms with Crippen LogP contribution in [0.4, 0.5) is 0 Å². The van der Waals surface area contributed by atoms with Crippen molar-refractivity contribution in [3.63, 3.8) is 0 Å². The fourth-order valence-corrected chi connectivity index (χ4v) is 1.24. The highest BCUT2D eigenvalue weighted by Gasteiger charge is 2.17. The summed E-state index contributed by atoms with van der Waals surface area (Å²) in [6, 6.07) is 0. The largest absolute Gasteiger partial charge is 0.359 e. The zero-order valence-corrected chi connectivity index (χ0v) is 6.52. The molecule has 0 spiro atoms. The van der Waals surface area contributed by atoms with Gasteiger partial charge in [0.1, 0.15) is 0 Å². The molecule has 0 saturated heterocycles. The third kappa shape index (κ3) is 2.01. The summed E-state index contributed by atoms with van der Waals surface area (Å²) in [6.07, 6.45) is 5.88. The molecule has 0 bridgehead atoms. The molecule has 0 aromatic heterocycles. The van der Waals surface area contributed by atoms with Gasteiger partial charge >= 0.3 is 0 Å². The van der Waals surface area contributed by atoms with Crippen molar-refractivity contribution in [1.82, 2.24) is 5.32 Å². The van der Waals surface area contributed by atoms with Gasteiger partial charge in [-0.05, 0) is 12.3 Å². The predicted molar refractivity (Wildman–Crippen MR) is 40.6 cm³/mol. The van der Waals surface area contributed by atoms with Crippen LogP contribution in [0.3, 0.4) is 0 Å². The van der Waals surface area contributed by atoms with Crippen LogP contribution >= 0.6 is 0 Å². The Morgan fingerprint density at radius 3 is 2.70 bits per heavy atom. The Kier molecular flexibility index (Phi) is 2.72. The highest BCUT2D eigenvalue weighted by Crippen LogP contribution is 2.30. The van der Waals surface area contributed by atoms with Crippen molar-refractivity contribution in [2.45, 2.75) is 32.1 Å². The molecule has 0 aromatic rings. The van der Waals surface area contributed by atoms with Gasteiger partial charge in [0, 0.05) is 13.5 Å². The molecule has 1 N–H and O–H groups in total. The van der Waals surface area contributed by atoms with Crippen molar-refractivity contribution in [2.75, 3.05) is 7.05 Å². The van der Waals surface area contributed by atoms with E-state index in [9.17, 15) is 4.79 Å². The van der Waals surface area contributed by atoms with Gasteiger partial charge < -0.3 is 5.32 Å². The molecule has 2 heteroatoms. The monoisotopic (exact) mass is 141 g/mol. The van der Waals surface area contributed by atoms with Crippen LogP contribution < -0.4 is 5.32 Å². The molecule has 1 amide bonds. The first kappa shape index (κ1) is 7.58. The lowest BCUT2D eigenvalue weighted by atomic mass is 9.82. The van der Waals surface area contributed by atoms with Gasteiger partial charge in [-0.3, -0.25) is 4.79 Å². The van der Waals surface area contributed by atoms with Crippen molar-refractivity contribution in [2.24, 2.45) is 5.92 Å². The van der Waals surface area contributed by atoms with Crippen LogP contribution in [0.5, 0.6) is 0 Å². The number of nitrogens with one attached hydrogen (secondary N) is 1. The number of rotatable bonds is 3. The van der Waals surface area contributed by atoms with Crippen molar-refractivity contribution in [1.29, 1.82) is 0 Å². The molecular formula is C8H15NO. The SMILES string of the molecule is CNC(=O)CCC1CCC1. The average Bonchev–Trinajstić information content (AvgIpc) is 1.84. The Morgan fingerprint density at radius 2 is 2.30 bits per heavy atom. The molecule has 0 aromatic carbocycles. The molecule has 0 atom stereocenters. The van der Waals surface area contributed by atoms with Crippen LogP contribution in [0.1, 0.15) is 32.1 Å². The normalized spacial score (nSPS) is 18.1. The number of carbonyl (C=O) groups excluding carboxylic acids is 1. The van der Waals surface area contributed by atoms with Gasteiger partial charge in [-0.2, -0.15) is 0 Å². The minimum atomic E-state index is 0.187. The standard InChI is InChI=1S/C8H15NO/c1-9-8(10)6-5-7-3-2-4-7/h7H,2-6H2,1H3,(H,9,10). The fraction of sp³-hybridized carbons (Fsp3) is 0.875. The first-order valence-electron chi connectivity index (χ1n) is 4.03. The van der Waals surface area contributed by atoms with Gasteiger partial charge in [-0.1, -0.05) is 19.3 Å². The van der Waals surface area contributed by atoms with Crippen LogP contribution in [-0.4, -0.2) is 13.0 Å². The molecule has 1 saturated carbocycles. The lowest BCUT2D eigenvalue weighted by molar-refractivity contribution is -0.121. The Balaban J connectivity index is 1.98. The predicted octanol–water partition coefficient (Wildman–Crippen LogP) is 1.31. The van der Waals surface area contributed by atoms with Crippen LogP contribution in [0.2, 0.25) is 0 Å². The van der Waals surface area contributed by atoms with Gasteiger partial charge in [0.15, 0.2) is 0 Å². The maximum absolute atomic E-state index is 10.7. The number of carbonyl (C=O) groups is 1. The molecule has 0 radical (unpaired) electrons. The second-order valence-electron chi connectivity index (χ2n) is 3.01. The molecule has 1 aliphatic rings. The van der Waals surface area contributed by atoms with E-state index in [1.807, 2.05) is 0 Å². The van der Waals surface area contributed by atoms with Crippen LogP contribution in [0.15, 0.2) is 0 Å². The van der Waals surface area contributed by atoms with Gasteiger partial charge in [0.25, 0.3) is 0 Å². The Bertz CT molecular complexity index is 118. The average molecular weight is 141 g/mol. The Hall–Kier alpha value is -0.530. The zero-order chi connectivity index (χ0) is 7.40. The van der Waals surface area contributed by atoms with E-state index in [2.05, 4.69) is 5.32 Å². The van der Waals surface area contributed by atoms with Crippen molar-refractivity contribution < 1.29 is 4.79 Å². The third-order valence-electron chi connectivity index (χ3n) is 2.28. The lowest BCUT2D eigenvalue weighted by Gasteiger charge is -2.24. The van der Waals surface area contributed by atoms with Gasteiger partial charge in [-0.25, -0.2) is 0 Å². The number of hydrogen-bond acceptors (Lipinski definition) is 1. The van der Waals surface area contributed by atoms with E-state index >= 15 is 0 Å². The molecule has 0 unspecified atom stereocenters. The summed E-state index contributed by atoms with van der Waals surface area (Å²) in [7, 11) is 1.70. The quantitative estimate of drug-likeness (QED) is 0.631. The third-order valence-corrected chi connectivity index (χ3v) is 2.28. The highest BCUT2D eigenvalue weighted by atomic mass is 16.1. The molecule has 0 heterocycles. The van der Waals surface area contributed by atoms with Crippen molar-refractivity contribution in [3.05, 3.63) is 0 Å². The van der Waals surface area contributed by atoms with Crippen molar-refractivity contribution >= 4 is 5.91 Å². The van der Waals surface area contributed by atoms with E-state index in [1.54, 1.807) is 7.05 Å². The van der Waals surface area contributed by atoms with Crippen LogP contribution in [0, 0.1) is 5.92 Å². The van der Waals surface area contributed by atoms with E-state index < -0.39 is 0 Å². The summed E-state index contributed by atoms with van der Waals surface area (Å²) in [4.78, 5) is 10.7. The topological polar surface area (TPSA) is 29.1 Å². The maximum atomic E-state index is 10.7. The Morgan fingerprint density at radius 1 is 1.60 bits per heavy atom. The minimum absolute atomic E-state index is 0.187. The maximum Gasteiger partial charge on any atom is 0.219 e. The summed E-state index contributed by atoms with van der Waals surface area (Å²) in [5.74, 6) is 1.05. The smallest absolute Gasteiger partial charge is 0.219 e. The van der Waals surface area contributed by atoms with E-state index in [0.717, 1.165) is 18.8 Å². The Labute approximate surface area is 62.0 Å². The van der Waals surface area contributed by atoms with Gasteiger partial charge in [0.2, 0.25) is 5.91 Å². The van der Waals surface area contributed by atoms with E-state index in [4.69, 9.17) is 0 Å². The summed E-state index contributed by atoms with van der Waals surface area (Å²) >= 11 is 0. The molecule has 1 fully saturated rings. The van der Waals surface area contributed by atoms with Crippen molar-refractivity contribution in [3.8, 4) is 0 Å². The molecule has 2 nitrogen and oxygen atoms in total. The number of hydrogen-bond donors (Lipinski definition) is 1. The van der Waals surface area contributed by atoms with Crippen LogP contribution in [0.25, 0.3) is 0 Å². The summed E-state index contributed by atoms with van der Waals surface area (Å²) in [5, 5.41) is 2.63. The first-order chi connectivity index (χ1) is 4.83.